The van der Waals surface area contributed by atoms with E-state index in [0.717, 1.165) is 9.87 Å². The Kier molecular flexibility index (Phi) is 9.97. The summed E-state index contributed by atoms with van der Waals surface area (Å²) >= 11 is 12.6. The third kappa shape index (κ3) is 7.03. The number of carbonyl (C=O) groups excluding carboxylic acids is 2. The average molecular weight is 563 g/mol. The molecule has 1 atom stereocenters. The van der Waals surface area contributed by atoms with E-state index < -0.39 is 28.5 Å². The molecule has 0 heterocycles. The molecule has 10 heteroatoms. The van der Waals surface area contributed by atoms with Crippen LogP contribution in [0.25, 0.3) is 0 Å². The highest BCUT2D eigenvalue weighted by Gasteiger charge is 2.33. The fourth-order valence-corrected chi connectivity index (χ4v) is 5.70. The molecule has 0 aliphatic rings. The van der Waals surface area contributed by atoms with Crippen LogP contribution in [-0.4, -0.2) is 50.8 Å². The first-order chi connectivity index (χ1) is 17.7. The first kappa shape index (κ1) is 28.5. The standard InChI is InChI=1S/C27H29Cl2N3O4S/c1-3-30-27(34)20(2)31(18-17-21-11-6-4-7-12-21)25(33)19-32(24-16-10-15-23(28)26(24)29)37(35,36)22-13-8-5-9-14-22/h4-16,20H,3,17-19H2,1-2H3,(H,30,34). The zero-order chi connectivity index (χ0) is 27.0. The maximum absolute atomic E-state index is 13.7. The molecule has 0 saturated heterocycles. The minimum Gasteiger partial charge on any atom is -0.355 e. The highest BCUT2D eigenvalue weighted by Crippen LogP contribution is 2.35. The van der Waals surface area contributed by atoms with E-state index in [2.05, 4.69) is 5.32 Å². The van der Waals surface area contributed by atoms with E-state index in [4.69, 9.17) is 23.2 Å². The van der Waals surface area contributed by atoms with Gasteiger partial charge in [0.05, 0.1) is 20.6 Å². The lowest BCUT2D eigenvalue weighted by atomic mass is 10.1. The fraction of sp³-hybridized carbons (Fsp3) is 0.259. The van der Waals surface area contributed by atoms with E-state index in [0.29, 0.717) is 13.0 Å². The average Bonchev–Trinajstić information content (AvgIpc) is 2.90. The Hall–Kier alpha value is -3.07. The Morgan fingerprint density at radius 2 is 1.54 bits per heavy atom. The number of carbonyl (C=O) groups is 2. The topological polar surface area (TPSA) is 86.8 Å². The number of rotatable bonds is 11. The second-order valence-corrected chi connectivity index (χ2v) is 10.9. The van der Waals surface area contributed by atoms with Gasteiger partial charge in [-0.1, -0.05) is 77.8 Å². The van der Waals surface area contributed by atoms with Crippen LogP contribution >= 0.6 is 23.2 Å². The van der Waals surface area contributed by atoms with Gasteiger partial charge in [0.2, 0.25) is 11.8 Å². The van der Waals surface area contributed by atoms with E-state index >= 15 is 0 Å². The van der Waals surface area contributed by atoms with Gasteiger partial charge in [-0.2, -0.15) is 0 Å². The number of anilines is 1. The predicted octanol–water partition coefficient (Wildman–Crippen LogP) is 4.78. The quantitative estimate of drug-likeness (QED) is 0.364. The molecule has 196 valence electrons. The van der Waals surface area contributed by atoms with Crippen molar-refractivity contribution in [1.29, 1.82) is 0 Å². The van der Waals surface area contributed by atoms with Crippen molar-refractivity contribution in [2.45, 2.75) is 31.2 Å². The monoisotopic (exact) mass is 561 g/mol. The second-order valence-electron chi connectivity index (χ2n) is 8.29. The number of likely N-dealkylation sites (N-methyl/N-ethyl adjacent to an activating group) is 1. The van der Waals surface area contributed by atoms with Gasteiger partial charge in [-0.15, -0.1) is 0 Å². The van der Waals surface area contributed by atoms with Gasteiger partial charge in [0.1, 0.15) is 12.6 Å². The van der Waals surface area contributed by atoms with Gasteiger partial charge < -0.3 is 10.2 Å². The molecule has 3 aromatic carbocycles. The number of sulfonamides is 1. The van der Waals surface area contributed by atoms with Crippen LogP contribution in [0.1, 0.15) is 19.4 Å². The maximum atomic E-state index is 13.7. The third-order valence-corrected chi connectivity index (χ3v) is 8.40. The van der Waals surface area contributed by atoms with Gasteiger partial charge in [-0.25, -0.2) is 8.42 Å². The Balaban J connectivity index is 2.00. The van der Waals surface area contributed by atoms with Crippen LogP contribution in [0.5, 0.6) is 0 Å². The van der Waals surface area contributed by atoms with Gasteiger partial charge in [-0.3, -0.25) is 13.9 Å². The molecule has 0 aliphatic carbocycles. The lowest BCUT2D eigenvalue weighted by molar-refractivity contribution is -0.138. The van der Waals surface area contributed by atoms with Crippen LogP contribution in [0.4, 0.5) is 5.69 Å². The molecule has 0 aromatic heterocycles. The van der Waals surface area contributed by atoms with Crippen molar-refractivity contribution < 1.29 is 18.0 Å². The van der Waals surface area contributed by atoms with Crippen LogP contribution in [0.2, 0.25) is 10.0 Å². The SMILES string of the molecule is CCNC(=O)C(C)N(CCc1ccccc1)C(=O)CN(c1cccc(Cl)c1Cl)S(=O)(=O)c1ccccc1. The lowest BCUT2D eigenvalue weighted by Crippen LogP contribution is -2.52. The van der Waals surface area contributed by atoms with Gasteiger partial charge in [0, 0.05) is 13.1 Å². The van der Waals surface area contributed by atoms with Crippen molar-refractivity contribution in [2.75, 3.05) is 23.9 Å². The molecule has 7 nitrogen and oxygen atoms in total. The van der Waals surface area contributed by atoms with Crippen molar-refractivity contribution in [3.63, 3.8) is 0 Å². The summed E-state index contributed by atoms with van der Waals surface area (Å²) in [5.41, 5.74) is 1.05. The largest absolute Gasteiger partial charge is 0.355 e. The smallest absolute Gasteiger partial charge is 0.264 e. The minimum absolute atomic E-state index is 0.00378. The van der Waals surface area contributed by atoms with Crippen LogP contribution in [-0.2, 0) is 26.0 Å². The van der Waals surface area contributed by atoms with Crippen molar-refractivity contribution in [3.8, 4) is 0 Å². The number of benzene rings is 3. The van der Waals surface area contributed by atoms with Gasteiger partial charge in [-0.05, 0) is 50.1 Å². The molecule has 37 heavy (non-hydrogen) atoms. The van der Waals surface area contributed by atoms with Gasteiger partial charge in [0.15, 0.2) is 0 Å². The number of hydrogen-bond acceptors (Lipinski definition) is 4. The highest BCUT2D eigenvalue weighted by molar-refractivity contribution is 7.92. The summed E-state index contributed by atoms with van der Waals surface area (Å²) in [7, 11) is -4.20. The first-order valence-electron chi connectivity index (χ1n) is 11.8. The normalized spacial score (nSPS) is 12.0. The van der Waals surface area contributed by atoms with Crippen molar-refractivity contribution in [2.24, 2.45) is 0 Å². The molecular weight excluding hydrogens is 533 g/mol. The van der Waals surface area contributed by atoms with Crippen LogP contribution in [0.15, 0.2) is 83.8 Å². The van der Waals surface area contributed by atoms with Crippen molar-refractivity contribution in [3.05, 3.63) is 94.5 Å². The Morgan fingerprint density at radius 1 is 0.919 bits per heavy atom. The van der Waals surface area contributed by atoms with Crippen LogP contribution < -0.4 is 9.62 Å². The summed E-state index contributed by atoms with van der Waals surface area (Å²) in [6, 6.07) is 21.1. The number of halogens is 2. The van der Waals surface area contributed by atoms with Gasteiger partial charge >= 0.3 is 0 Å². The molecule has 0 bridgehead atoms. The molecule has 2 amide bonds. The number of amides is 2. The summed E-state index contributed by atoms with van der Waals surface area (Å²) in [6.45, 7) is 3.45. The van der Waals surface area contributed by atoms with Gasteiger partial charge in [0.25, 0.3) is 10.0 Å². The molecule has 0 radical (unpaired) electrons. The molecule has 3 rings (SSSR count). The highest BCUT2D eigenvalue weighted by atomic mass is 35.5. The molecule has 0 saturated carbocycles. The summed E-state index contributed by atoms with van der Waals surface area (Å²) in [4.78, 5) is 27.8. The summed E-state index contributed by atoms with van der Waals surface area (Å²) in [5, 5.41) is 2.89. The van der Waals surface area contributed by atoms with Crippen LogP contribution in [0, 0.1) is 0 Å². The Morgan fingerprint density at radius 3 is 2.16 bits per heavy atom. The molecule has 1 N–H and O–H groups in total. The molecule has 0 aliphatic heterocycles. The fourth-order valence-electron chi connectivity index (χ4n) is 3.81. The summed E-state index contributed by atoms with van der Waals surface area (Å²) < 4.78 is 28.4. The lowest BCUT2D eigenvalue weighted by Gasteiger charge is -2.32. The second kappa shape index (κ2) is 12.9. The molecular formula is C27H29Cl2N3O4S. The van der Waals surface area contributed by atoms with E-state index in [-0.39, 0.29) is 33.1 Å². The Labute approximate surface area is 228 Å². The maximum Gasteiger partial charge on any atom is 0.264 e. The number of hydrogen-bond donors (Lipinski definition) is 1. The summed E-state index contributed by atoms with van der Waals surface area (Å²) in [5.74, 6) is -0.882. The molecule has 0 spiro atoms. The Bertz CT molecular complexity index is 1320. The van der Waals surface area contributed by atoms with Crippen LogP contribution in [0.3, 0.4) is 0 Å². The van der Waals surface area contributed by atoms with E-state index in [1.807, 2.05) is 30.3 Å². The number of nitrogens with one attached hydrogen (secondary N) is 1. The molecule has 3 aromatic rings. The number of nitrogens with zero attached hydrogens (tertiary/aromatic N) is 2. The zero-order valence-corrected chi connectivity index (χ0v) is 22.9. The zero-order valence-electron chi connectivity index (χ0n) is 20.6. The molecule has 1 unspecified atom stereocenters. The third-order valence-electron chi connectivity index (χ3n) is 5.81. The first-order valence-corrected chi connectivity index (χ1v) is 14.0. The van der Waals surface area contributed by atoms with Crippen molar-refractivity contribution >= 4 is 50.7 Å². The minimum atomic E-state index is -4.20. The van der Waals surface area contributed by atoms with E-state index in [9.17, 15) is 18.0 Å². The summed E-state index contributed by atoms with van der Waals surface area (Å²) in [6.07, 6.45) is 0.486. The van der Waals surface area contributed by atoms with E-state index in [1.165, 1.54) is 29.2 Å². The predicted molar refractivity (Wildman–Crippen MR) is 147 cm³/mol. The molecule has 0 fully saturated rings. The van der Waals surface area contributed by atoms with E-state index in [1.54, 1.807) is 38.1 Å². The van der Waals surface area contributed by atoms with Crippen molar-refractivity contribution in [1.82, 2.24) is 10.2 Å².